The molecule has 5 heteroatoms. The Morgan fingerprint density at radius 3 is 2.57 bits per heavy atom. The van der Waals surface area contributed by atoms with E-state index in [2.05, 4.69) is 0 Å². The molecule has 3 rings (SSSR count). The van der Waals surface area contributed by atoms with E-state index < -0.39 is 11.4 Å². The van der Waals surface area contributed by atoms with Crippen LogP contribution in [0.15, 0.2) is 24.3 Å². The van der Waals surface area contributed by atoms with Gasteiger partial charge in [0.1, 0.15) is 5.82 Å². The Hall–Kier alpha value is -1.91. The van der Waals surface area contributed by atoms with Crippen molar-refractivity contribution in [3.8, 4) is 0 Å². The van der Waals surface area contributed by atoms with E-state index in [9.17, 15) is 14.0 Å². The standard InChI is InChI=1S/C18H22FNO3/c19-15-6-4-14(5-7-15)18(9-10-18)17(23)20-11-1-2-13(12-20)3-8-16(21)22/h4-7,13H,1-3,8-12H2,(H,21,22)/t13-/m1/s1. The fraction of sp³-hybridized carbons (Fsp3) is 0.556. The average Bonchev–Trinajstić information content (AvgIpc) is 3.35. The van der Waals surface area contributed by atoms with Crippen LogP contribution in [-0.2, 0) is 15.0 Å². The molecule has 4 nitrogen and oxygen atoms in total. The number of halogens is 1. The molecule has 0 radical (unpaired) electrons. The Bertz CT molecular complexity index is 595. The molecule has 2 aliphatic rings. The minimum absolute atomic E-state index is 0.129. The Kier molecular flexibility index (Phi) is 4.37. The van der Waals surface area contributed by atoms with Crippen molar-refractivity contribution in [3.63, 3.8) is 0 Å². The molecule has 1 saturated carbocycles. The summed E-state index contributed by atoms with van der Waals surface area (Å²) in [6.45, 7) is 1.39. The van der Waals surface area contributed by atoms with Crippen molar-refractivity contribution >= 4 is 11.9 Å². The van der Waals surface area contributed by atoms with E-state index in [1.54, 1.807) is 12.1 Å². The fourth-order valence-corrected chi connectivity index (χ4v) is 3.64. The van der Waals surface area contributed by atoms with Gasteiger partial charge in [0.2, 0.25) is 5.91 Å². The fourth-order valence-electron chi connectivity index (χ4n) is 3.64. The van der Waals surface area contributed by atoms with Crippen molar-refractivity contribution in [2.45, 2.75) is 43.9 Å². The third-order valence-electron chi connectivity index (χ3n) is 5.13. The number of carboxylic acid groups (broad SMARTS) is 1. The first-order valence-corrected chi connectivity index (χ1v) is 8.28. The molecule has 1 atom stereocenters. The lowest BCUT2D eigenvalue weighted by Crippen LogP contribution is -2.45. The van der Waals surface area contributed by atoms with Crippen LogP contribution in [0.2, 0.25) is 0 Å². The molecule has 1 aromatic carbocycles. The highest BCUT2D eigenvalue weighted by atomic mass is 19.1. The summed E-state index contributed by atoms with van der Waals surface area (Å²) in [5, 5.41) is 8.82. The van der Waals surface area contributed by atoms with E-state index >= 15 is 0 Å². The normalized spacial score (nSPS) is 22.7. The summed E-state index contributed by atoms with van der Waals surface area (Å²) in [6, 6.07) is 6.25. The van der Waals surface area contributed by atoms with Gasteiger partial charge in [0.05, 0.1) is 5.41 Å². The van der Waals surface area contributed by atoms with Crippen LogP contribution in [0.25, 0.3) is 0 Å². The van der Waals surface area contributed by atoms with E-state index in [4.69, 9.17) is 5.11 Å². The molecule has 124 valence electrons. The number of aliphatic carboxylic acids is 1. The van der Waals surface area contributed by atoms with Gasteiger partial charge >= 0.3 is 5.97 Å². The highest BCUT2D eigenvalue weighted by Gasteiger charge is 2.53. The van der Waals surface area contributed by atoms with Gasteiger partial charge in [-0.05, 0) is 55.7 Å². The smallest absolute Gasteiger partial charge is 0.303 e. The molecule has 0 aromatic heterocycles. The second-order valence-corrected chi connectivity index (χ2v) is 6.78. The highest BCUT2D eigenvalue weighted by molar-refractivity contribution is 5.91. The van der Waals surface area contributed by atoms with Crippen molar-refractivity contribution < 1.29 is 19.1 Å². The van der Waals surface area contributed by atoms with Gasteiger partial charge in [-0.15, -0.1) is 0 Å². The van der Waals surface area contributed by atoms with E-state index in [0.29, 0.717) is 13.0 Å². The number of carbonyl (C=O) groups excluding carboxylic acids is 1. The number of carboxylic acids is 1. The first-order chi connectivity index (χ1) is 11.0. The molecular weight excluding hydrogens is 297 g/mol. The van der Waals surface area contributed by atoms with Gasteiger partial charge in [0, 0.05) is 19.5 Å². The summed E-state index contributed by atoms with van der Waals surface area (Å²) in [6.07, 6.45) is 4.33. The monoisotopic (exact) mass is 319 g/mol. The van der Waals surface area contributed by atoms with Crippen molar-refractivity contribution in [2.75, 3.05) is 13.1 Å². The molecule has 1 aromatic rings. The van der Waals surface area contributed by atoms with E-state index in [0.717, 1.165) is 37.8 Å². The predicted octanol–water partition coefficient (Wildman–Crippen LogP) is 2.96. The average molecular weight is 319 g/mol. The number of piperidine rings is 1. The lowest BCUT2D eigenvalue weighted by atomic mass is 9.89. The number of rotatable bonds is 5. The van der Waals surface area contributed by atoms with E-state index in [-0.39, 0.29) is 24.1 Å². The first kappa shape index (κ1) is 16.0. The summed E-state index contributed by atoms with van der Waals surface area (Å²) < 4.78 is 13.1. The Labute approximate surface area is 135 Å². The zero-order chi connectivity index (χ0) is 16.4. The summed E-state index contributed by atoms with van der Waals surface area (Å²) in [7, 11) is 0. The van der Waals surface area contributed by atoms with Crippen molar-refractivity contribution in [1.29, 1.82) is 0 Å². The highest BCUT2D eigenvalue weighted by Crippen LogP contribution is 2.50. The maximum Gasteiger partial charge on any atom is 0.303 e. The van der Waals surface area contributed by atoms with Gasteiger partial charge in [-0.1, -0.05) is 12.1 Å². The molecule has 1 N–H and O–H groups in total. The topological polar surface area (TPSA) is 57.6 Å². The van der Waals surface area contributed by atoms with Crippen LogP contribution in [0, 0.1) is 11.7 Å². The van der Waals surface area contributed by atoms with Crippen molar-refractivity contribution in [2.24, 2.45) is 5.92 Å². The van der Waals surface area contributed by atoms with Gasteiger partial charge in [0.15, 0.2) is 0 Å². The molecule has 1 saturated heterocycles. The van der Waals surface area contributed by atoms with Crippen LogP contribution in [-0.4, -0.2) is 35.0 Å². The zero-order valence-corrected chi connectivity index (χ0v) is 13.1. The second kappa shape index (κ2) is 6.30. The number of nitrogens with zero attached hydrogens (tertiary/aromatic N) is 1. The maximum atomic E-state index is 13.1. The predicted molar refractivity (Wildman–Crippen MR) is 83.5 cm³/mol. The number of likely N-dealkylation sites (tertiary alicyclic amines) is 1. The summed E-state index contributed by atoms with van der Waals surface area (Å²) >= 11 is 0. The number of hydrogen-bond acceptors (Lipinski definition) is 2. The number of amides is 1. The van der Waals surface area contributed by atoms with E-state index in [1.807, 2.05) is 4.90 Å². The molecule has 1 amide bonds. The Morgan fingerprint density at radius 1 is 1.26 bits per heavy atom. The summed E-state index contributed by atoms with van der Waals surface area (Å²) in [5.41, 5.74) is 0.430. The van der Waals surface area contributed by atoms with Gasteiger partial charge in [0.25, 0.3) is 0 Å². The Morgan fingerprint density at radius 2 is 1.96 bits per heavy atom. The van der Waals surface area contributed by atoms with Gasteiger partial charge in [-0.2, -0.15) is 0 Å². The molecule has 1 aliphatic carbocycles. The molecule has 0 bridgehead atoms. The number of hydrogen-bond donors (Lipinski definition) is 1. The molecule has 0 unspecified atom stereocenters. The maximum absolute atomic E-state index is 13.1. The van der Waals surface area contributed by atoms with Gasteiger partial charge in [-0.25, -0.2) is 4.39 Å². The van der Waals surface area contributed by atoms with Crippen LogP contribution in [0.4, 0.5) is 4.39 Å². The van der Waals surface area contributed by atoms with Gasteiger partial charge < -0.3 is 10.0 Å². The van der Waals surface area contributed by atoms with Crippen LogP contribution < -0.4 is 0 Å². The van der Waals surface area contributed by atoms with Crippen molar-refractivity contribution in [3.05, 3.63) is 35.6 Å². The minimum Gasteiger partial charge on any atom is -0.481 e. The van der Waals surface area contributed by atoms with Crippen LogP contribution >= 0.6 is 0 Å². The lowest BCUT2D eigenvalue weighted by molar-refractivity contribution is -0.137. The molecule has 23 heavy (non-hydrogen) atoms. The second-order valence-electron chi connectivity index (χ2n) is 6.78. The minimum atomic E-state index is -0.779. The molecular formula is C18H22FNO3. The third kappa shape index (κ3) is 3.38. The third-order valence-corrected chi connectivity index (χ3v) is 5.13. The number of benzene rings is 1. The number of carbonyl (C=O) groups is 2. The quantitative estimate of drug-likeness (QED) is 0.908. The van der Waals surface area contributed by atoms with Crippen LogP contribution in [0.1, 0.15) is 44.1 Å². The summed E-state index contributed by atoms with van der Waals surface area (Å²) in [5.74, 6) is -0.668. The molecule has 1 heterocycles. The van der Waals surface area contributed by atoms with Crippen molar-refractivity contribution in [1.82, 2.24) is 4.90 Å². The largest absolute Gasteiger partial charge is 0.481 e. The zero-order valence-electron chi connectivity index (χ0n) is 13.1. The van der Waals surface area contributed by atoms with Crippen LogP contribution in [0.5, 0.6) is 0 Å². The van der Waals surface area contributed by atoms with Gasteiger partial charge in [-0.3, -0.25) is 9.59 Å². The van der Waals surface area contributed by atoms with E-state index in [1.165, 1.54) is 12.1 Å². The Balaban J connectivity index is 1.67. The molecule has 2 fully saturated rings. The molecule has 1 aliphatic heterocycles. The van der Waals surface area contributed by atoms with Crippen LogP contribution in [0.3, 0.4) is 0 Å². The summed E-state index contributed by atoms with van der Waals surface area (Å²) in [4.78, 5) is 25.6. The lowest BCUT2D eigenvalue weighted by Gasteiger charge is -2.35. The first-order valence-electron chi connectivity index (χ1n) is 8.28. The SMILES string of the molecule is O=C(O)CC[C@H]1CCCN(C(=O)C2(c3ccc(F)cc3)CC2)C1. The molecule has 0 spiro atoms.